The summed E-state index contributed by atoms with van der Waals surface area (Å²) in [5.41, 5.74) is 11.0. The van der Waals surface area contributed by atoms with Gasteiger partial charge in [0.25, 0.3) is 0 Å². The van der Waals surface area contributed by atoms with Gasteiger partial charge in [0.05, 0.1) is 0 Å². The Balaban J connectivity index is 1.81. The van der Waals surface area contributed by atoms with Crippen LogP contribution in [0.4, 0.5) is 10.5 Å². The number of nitrogen functional groups attached to an aromatic ring is 1. The number of amides is 1. The van der Waals surface area contributed by atoms with Crippen LogP contribution in [0.5, 0.6) is 5.75 Å². The molecule has 0 aromatic heterocycles. The minimum Gasteiger partial charge on any atom is -0.410 e. The smallest absolute Gasteiger partial charge is 0.410 e. The van der Waals surface area contributed by atoms with E-state index < -0.39 is 6.09 Å². The minimum atomic E-state index is -0.438. The number of carbonyl (C=O) groups excluding carboxylic acids is 1. The molecular formula is C18H20N2O2. The molecule has 0 saturated carbocycles. The lowest BCUT2D eigenvalue weighted by molar-refractivity contribution is 0.190. The maximum Gasteiger partial charge on any atom is 0.413 e. The number of ether oxygens (including phenoxy) is 1. The second-order valence-corrected chi connectivity index (χ2v) is 6.68. The van der Waals surface area contributed by atoms with Crippen LogP contribution in [0, 0.1) is 0 Å². The Hall–Kier alpha value is -2.49. The van der Waals surface area contributed by atoms with E-state index in [0.29, 0.717) is 5.75 Å². The number of hydrogen-bond acceptors (Lipinski definition) is 3. The fraction of sp³-hybridized carbons (Fsp3) is 0.278. The quantitative estimate of drug-likeness (QED) is 0.673. The van der Waals surface area contributed by atoms with E-state index >= 15 is 0 Å². The van der Waals surface area contributed by atoms with Crippen LogP contribution in [0.2, 0.25) is 0 Å². The van der Waals surface area contributed by atoms with Crippen molar-refractivity contribution >= 4 is 11.8 Å². The van der Waals surface area contributed by atoms with Crippen LogP contribution >= 0.6 is 0 Å². The lowest BCUT2D eigenvalue weighted by atomic mass is 10.1. The number of hydrogen-bond donors (Lipinski definition) is 2. The molecule has 0 radical (unpaired) electrons. The van der Waals surface area contributed by atoms with E-state index in [1.165, 1.54) is 16.7 Å². The van der Waals surface area contributed by atoms with Crippen molar-refractivity contribution in [2.45, 2.75) is 32.7 Å². The Morgan fingerprint density at radius 1 is 1.09 bits per heavy atom. The van der Waals surface area contributed by atoms with Crippen LogP contribution in [-0.4, -0.2) is 11.6 Å². The summed E-state index contributed by atoms with van der Waals surface area (Å²) in [5.74, 6) is 0.557. The molecule has 4 nitrogen and oxygen atoms in total. The predicted molar refractivity (Wildman–Crippen MR) is 88.0 cm³/mol. The molecular weight excluding hydrogens is 276 g/mol. The summed E-state index contributed by atoms with van der Waals surface area (Å²) in [4.78, 5) is 11.8. The van der Waals surface area contributed by atoms with E-state index in [1.807, 2.05) is 57.2 Å². The van der Waals surface area contributed by atoms with Gasteiger partial charge in [0, 0.05) is 11.2 Å². The number of benzene rings is 2. The highest BCUT2D eigenvalue weighted by atomic mass is 16.6. The highest BCUT2D eigenvalue weighted by Gasteiger charge is 2.20. The topological polar surface area (TPSA) is 64.3 Å². The van der Waals surface area contributed by atoms with Gasteiger partial charge >= 0.3 is 6.09 Å². The number of nitrogens with one attached hydrogen (secondary N) is 1. The van der Waals surface area contributed by atoms with Gasteiger partial charge in [-0.25, -0.2) is 4.79 Å². The van der Waals surface area contributed by atoms with Crippen molar-refractivity contribution in [1.29, 1.82) is 0 Å². The van der Waals surface area contributed by atoms with E-state index in [4.69, 9.17) is 10.5 Å². The maximum absolute atomic E-state index is 11.8. The van der Waals surface area contributed by atoms with Crippen molar-refractivity contribution < 1.29 is 9.53 Å². The fourth-order valence-corrected chi connectivity index (χ4v) is 2.71. The molecule has 0 fully saturated rings. The predicted octanol–water partition coefficient (Wildman–Crippen LogP) is 3.73. The first-order valence-electron chi connectivity index (χ1n) is 7.33. The second-order valence-electron chi connectivity index (χ2n) is 6.68. The van der Waals surface area contributed by atoms with Crippen molar-refractivity contribution in [2.75, 3.05) is 5.73 Å². The number of carbonyl (C=O) groups is 1. The number of anilines is 1. The largest absolute Gasteiger partial charge is 0.413 e. The van der Waals surface area contributed by atoms with Gasteiger partial charge in [-0.05, 0) is 73.7 Å². The van der Waals surface area contributed by atoms with Gasteiger partial charge in [-0.3, -0.25) is 0 Å². The first-order valence-corrected chi connectivity index (χ1v) is 7.33. The van der Waals surface area contributed by atoms with Gasteiger partial charge in [-0.2, -0.15) is 0 Å². The summed E-state index contributed by atoms with van der Waals surface area (Å²) < 4.78 is 5.36. The molecule has 1 amide bonds. The van der Waals surface area contributed by atoms with Crippen LogP contribution in [0.25, 0.3) is 11.1 Å². The molecule has 0 unspecified atom stereocenters. The number of fused-ring (bicyclic) bond motifs is 3. The van der Waals surface area contributed by atoms with Crippen molar-refractivity contribution in [3.63, 3.8) is 0 Å². The van der Waals surface area contributed by atoms with E-state index in [1.54, 1.807) is 0 Å². The molecule has 0 spiro atoms. The van der Waals surface area contributed by atoms with Crippen molar-refractivity contribution in [3.05, 3.63) is 47.5 Å². The normalized spacial score (nSPS) is 12.5. The highest BCUT2D eigenvalue weighted by Crippen LogP contribution is 2.39. The average molecular weight is 296 g/mol. The molecule has 22 heavy (non-hydrogen) atoms. The van der Waals surface area contributed by atoms with Crippen LogP contribution in [0.1, 0.15) is 31.9 Å². The summed E-state index contributed by atoms with van der Waals surface area (Å²) in [7, 11) is 0. The van der Waals surface area contributed by atoms with E-state index in [0.717, 1.165) is 17.7 Å². The van der Waals surface area contributed by atoms with Crippen molar-refractivity contribution in [3.8, 4) is 16.9 Å². The highest BCUT2D eigenvalue weighted by molar-refractivity contribution is 5.79. The molecule has 1 aliphatic carbocycles. The average Bonchev–Trinajstić information content (AvgIpc) is 2.72. The van der Waals surface area contributed by atoms with Gasteiger partial charge in [0.1, 0.15) is 5.75 Å². The Morgan fingerprint density at radius 3 is 2.41 bits per heavy atom. The molecule has 2 aromatic rings. The van der Waals surface area contributed by atoms with Gasteiger partial charge < -0.3 is 15.8 Å². The lowest BCUT2D eigenvalue weighted by Gasteiger charge is -2.19. The zero-order chi connectivity index (χ0) is 15.9. The minimum absolute atomic E-state index is 0.318. The molecule has 114 valence electrons. The van der Waals surface area contributed by atoms with Gasteiger partial charge in [0.2, 0.25) is 0 Å². The monoisotopic (exact) mass is 296 g/mol. The van der Waals surface area contributed by atoms with Crippen LogP contribution in [0.15, 0.2) is 36.4 Å². The van der Waals surface area contributed by atoms with Crippen molar-refractivity contribution in [2.24, 2.45) is 0 Å². The van der Waals surface area contributed by atoms with Gasteiger partial charge in [0.15, 0.2) is 0 Å². The SMILES string of the molecule is CC(C)(C)NC(=O)Oc1ccc2c(c1)Cc1cc(N)ccc1-2. The molecule has 0 saturated heterocycles. The lowest BCUT2D eigenvalue weighted by Crippen LogP contribution is -2.42. The van der Waals surface area contributed by atoms with Gasteiger partial charge in [-0.15, -0.1) is 0 Å². The maximum atomic E-state index is 11.8. The molecule has 2 aromatic carbocycles. The van der Waals surface area contributed by atoms with E-state index in [9.17, 15) is 4.79 Å². The second kappa shape index (κ2) is 5.05. The third kappa shape index (κ3) is 2.91. The van der Waals surface area contributed by atoms with E-state index in [-0.39, 0.29) is 5.54 Å². The molecule has 0 aliphatic heterocycles. The molecule has 3 N–H and O–H groups in total. The zero-order valence-corrected chi connectivity index (χ0v) is 13.1. The van der Waals surface area contributed by atoms with Crippen LogP contribution < -0.4 is 15.8 Å². The summed E-state index contributed by atoms with van der Waals surface area (Å²) in [6.45, 7) is 5.74. The molecule has 3 rings (SSSR count). The van der Waals surface area contributed by atoms with Crippen LogP contribution in [0.3, 0.4) is 0 Å². The summed E-state index contributed by atoms with van der Waals surface area (Å²) in [6.07, 6.45) is 0.376. The Bertz CT molecular complexity index is 745. The summed E-state index contributed by atoms with van der Waals surface area (Å²) >= 11 is 0. The third-order valence-corrected chi connectivity index (χ3v) is 3.56. The molecule has 0 atom stereocenters. The zero-order valence-electron chi connectivity index (χ0n) is 13.1. The summed E-state index contributed by atoms with van der Waals surface area (Å²) in [6, 6.07) is 11.7. The molecule has 0 heterocycles. The first-order chi connectivity index (χ1) is 10.3. The Morgan fingerprint density at radius 2 is 1.73 bits per heavy atom. The van der Waals surface area contributed by atoms with Gasteiger partial charge in [-0.1, -0.05) is 12.1 Å². The van der Waals surface area contributed by atoms with E-state index in [2.05, 4.69) is 5.32 Å². The first kappa shape index (κ1) is 14.4. The molecule has 1 aliphatic rings. The van der Waals surface area contributed by atoms with Crippen LogP contribution in [-0.2, 0) is 6.42 Å². The standard InChI is InChI=1S/C18H20N2O2/c1-18(2,3)20-17(21)22-14-5-7-16-12(10-14)8-11-9-13(19)4-6-15(11)16/h4-7,9-10H,8,19H2,1-3H3,(H,20,21). The van der Waals surface area contributed by atoms with Crippen molar-refractivity contribution in [1.82, 2.24) is 5.32 Å². The number of rotatable bonds is 1. The molecule has 4 heteroatoms. The Labute approximate surface area is 130 Å². The number of nitrogens with two attached hydrogens (primary N) is 1. The fourth-order valence-electron chi connectivity index (χ4n) is 2.71. The Kier molecular flexibility index (Phi) is 3.32. The third-order valence-electron chi connectivity index (χ3n) is 3.56. The molecule has 0 bridgehead atoms. The summed E-state index contributed by atoms with van der Waals surface area (Å²) in [5, 5.41) is 2.78.